The number of anilines is 1. The summed E-state index contributed by atoms with van der Waals surface area (Å²) in [6.45, 7) is -0.462. The van der Waals surface area contributed by atoms with Crippen molar-refractivity contribution in [2.24, 2.45) is 0 Å². The number of methoxy groups -OCH3 is 4. The molecule has 0 unspecified atom stereocenters. The molecule has 11 heteroatoms. The number of likely N-dealkylation sites (N-methyl/N-ethyl adjacent to an activating group) is 1. The summed E-state index contributed by atoms with van der Waals surface area (Å²) in [5, 5.41) is 2.91. The van der Waals surface area contributed by atoms with E-state index in [1.54, 1.807) is 6.07 Å². The Morgan fingerprint density at radius 2 is 1.60 bits per heavy atom. The lowest BCUT2D eigenvalue weighted by Gasteiger charge is -2.19. The van der Waals surface area contributed by atoms with Gasteiger partial charge in [0.05, 0.1) is 45.7 Å². The number of benzene rings is 2. The van der Waals surface area contributed by atoms with E-state index in [0.717, 1.165) is 4.31 Å². The quantitative estimate of drug-likeness (QED) is 0.616. The molecule has 0 aromatic heterocycles. The van der Waals surface area contributed by atoms with Gasteiger partial charge in [0.25, 0.3) is 0 Å². The Bertz CT molecular complexity index is 1030. The van der Waals surface area contributed by atoms with Crippen molar-refractivity contribution in [2.75, 3.05) is 47.3 Å². The highest BCUT2D eigenvalue weighted by Crippen LogP contribution is 2.36. The molecule has 0 aliphatic heterocycles. The van der Waals surface area contributed by atoms with Crippen LogP contribution in [-0.4, -0.2) is 60.7 Å². The van der Waals surface area contributed by atoms with Crippen molar-refractivity contribution in [3.8, 4) is 23.0 Å². The number of carbonyl (C=O) groups excluding carboxylic acids is 1. The number of rotatable bonds is 9. The molecule has 0 aliphatic rings. The fourth-order valence-corrected chi connectivity index (χ4v) is 4.11. The maximum Gasteiger partial charge on any atom is 0.247 e. The van der Waals surface area contributed by atoms with E-state index < -0.39 is 22.5 Å². The molecule has 0 saturated carbocycles. The highest BCUT2D eigenvalue weighted by Gasteiger charge is 2.27. The van der Waals surface area contributed by atoms with Crippen molar-refractivity contribution in [3.63, 3.8) is 0 Å². The van der Waals surface area contributed by atoms with Gasteiger partial charge in [-0.3, -0.25) is 4.79 Å². The fraction of sp³-hybridized carbons (Fsp3) is 0.316. The van der Waals surface area contributed by atoms with E-state index in [1.807, 2.05) is 0 Å². The number of halogens is 1. The third kappa shape index (κ3) is 5.07. The highest BCUT2D eigenvalue weighted by molar-refractivity contribution is 7.89. The minimum atomic E-state index is -4.05. The van der Waals surface area contributed by atoms with Gasteiger partial charge in [-0.2, -0.15) is 4.31 Å². The zero-order valence-electron chi connectivity index (χ0n) is 17.2. The summed E-state index contributed by atoms with van der Waals surface area (Å²) in [5.74, 6) is 0.506. The van der Waals surface area contributed by atoms with Crippen LogP contribution < -0.4 is 24.3 Å². The molecule has 1 amide bonds. The molecule has 0 aliphatic carbocycles. The first-order chi connectivity index (χ1) is 14.2. The molecule has 30 heavy (non-hydrogen) atoms. The van der Waals surface area contributed by atoms with Crippen LogP contribution >= 0.6 is 11.6 Å². The molecule has 0 atom stereocenters. The van der Waals surface area contributed by atoms with Gasteiger partial charge in [0.15, 0.2) is 0 Å². The van der Waals surface area contributed by atoms with Gasteiger partial charge in [0.2, 0.25) is 15.9 Å². The van der Waals surface area contributed by atoms with Crippen molar-refractivity contribution in [2.45, 2.75) is 4.90 Å². The zero-order valence-corrected chi connectivity index (χ0v) is 18.8. The second-order valence-corrected chi connectivity index (χ2v) is 8.43. The number of nitrogens with one attached hydrogen (secondary N) is 1. The van der Waals surface area contributed by atoms with Gasteiger partial charge >= 0.3 is 0 Å². The van der Waals surface area contributed by atoms with Crippen LogP contribution in [0.2, 0.25) is 5.02 Å². The molecule has 1 N–H and O–H groups in total. The van der Waals surface area contributed by atoms with Crippen LogP contribution in [0.15, 0.2) is 35.2 Å². The Morgan fingerprint density at radius 3 is 2.17 bits per heavy atom. The smallest absolute Gasteiger partial charge is 0.247 e. The number of hydrogen-bond acceptors (Lipinski definition) is 7. The maximum atomic E-state index is 13.0. The van der Waals surface area contributed by atoms with Crippen molar-refractivity contribution in [3.05, 3.63) is 35.4 Å². The lowest BCUT2D eigenvalue weighted by atomic mass is 10.2. The molecular weight excluding hydrogens is 436 g/mol. The van der Waals surface area contributed by atoms with Crippen LogP contribution in [0.25, 0.3) is 0 Å². The van der Waals surface area contributed by atoms with Crippen molar-refractivity contribution in [1.82, 2.24) is 4.31 Å². The molecule has 2 aromatic rings. The minimum Gasteiger partial charge on any atom is -0.497 e. The third-order valence-corrected chi connectivity index (χ3v) is 6.29. The van der Waals surface area contributed by atoms with Crippen molar-refractivity contribution >= 4 is 33.2 Å². The molecule has 0 spiro atoms. The minimum absolute atomic E-state index is 0.120. The number of carbonyl (C=O) groups is 1. The molecular formula is C19H23ClN2O7S. The van der Waals surface area contributed by atoms with Gasteiger partial charge in [-0.1, -0.05) is 11.6 Å². The van der Waals surface area contributed by atoms with Crippen LogP contribution in [0.3, 0.4) is 0 Å². The second kappa shape index (κ2) is 9.88. The second-order valence-electron chi connectivity index (χ2n) is 6.01. The molecule has 2 aromatic carbocycles. The van der Waals surface area contributed by atoms with Gasteiger partial charge in [-0.25, -0.2) is 8.42 Å². The summed E-state index contributed by atoms with van der Waals surface area (Å²) in [4.78, 5) is 12.4. The Hall–Kier alpha value is -2.69. The fourth-order valence-electron chi connectivity index (χ4n) is 2.59. The molecule has 0 saturated heterocycles. The SMILES string of the molecule is COc1ccc(OC)c(S(=O)(=O)N(C)CC(=O)Nc2cc(OC)c(Cl)cc2OC)c1. The summed E-state index contributed by atoms with van der Waals surface area (Å²) in [6, 6.07) is 7.35. The number of nitrogens with zero attached hydrogens (tertiary/aromatic N) is 1. The zero-order chi connectivity index (χ0) is 22.5. The van der Waals surface area contributed by atoms with Gasteiger partial charge in [-0.05, 0) is 12.1 Å². The first-order valence-corrected chi connectivity index (χ1v) is 10.4. The van der Waals surface area contributed by atoms with Gasteiger partial charge in [-0.15, -0.1) is 0 Å². The number of sulfonamides is 1. The summed E-state index contributed by atoms with van der Waals surface area (Å²) in [7, 11) is 2.86. The summed E-state index contributed by atoms with van der Waals surface area (Å²) in [6.07, 6.45) is 0. The molecule has 9 nitrogen and oxygen atoms in total. The van der Waals surface area contributed by atoms with E-state index in [0.29, 0.717) is 22.3 Å². The van der Waals surface area contributed by atoms with E-state index in [-0.39, 0.29) is 16.3 Å². The monoisotopic (exact) mass is 458 g/mol. The number of ether oxygens (including phenoxy) is 4. The Labute approximate surface area is 180 Å². The van der Waals surface area contributed by atoms with Crippen LogP contribution in [0.1, 0.15) is 0 Å². The first-order valence-electron chi connectivity index (χ1n) is 8.57. The van der Waals surface area contributed by atoms with Crippen LogP contribution in [0.5, 0.6) is 23.0 Å². The Morgan fingerprint density at radius 1 is 0.967 bits per heavy atom. The van der Waals surface area contributed by atoms with Crippen LogP contribution in [-0.2, 0) is 14.8 Å². The number of amides is 1. The third-order valence-electron chi connectivity index (χ3n) is 4.17. The Balaban J connectivity index is 2.26. The van der Waals surface area contributed by atoms with Gasteiger partial charge in [0, 0.05) is 25.2 Å². The van der Waals surface area contributed by atoms with E-state index >= 15 is 0 Å². The van der Waals surface area contributed by atoms with Crippen molar-refractivity contribution in [1.29, 1.82) is 0 Å². The summed E-state index contributed by atoms with van der Waals surface area (Å²) < 4.78 is 47.5. The van der Waals surface area contributed by atoms with E-state index in [1.165, 1.54) is 59.8 Å². The highest BCUT2D eigenvalue weighted by atomic mass is 35.5. The van der Waals surface area contributed by atoms with E-state index in [4.69, 9.17) is 30.5 Å². The lowest BCUT2D eigenvalue weighted by Crippen LogP contribution is -2.35. The van der Waals surface area contributed by atoms with Gasteiger partial charge in [0.1, 0.15) is 27.9 Å². The number of hydrogen-bond donors (Lipinski definition) is 1. The normalized spacial score (nSPS) is 11.2. The largest absolute Gasteiger partial charge is 0.497 e. The summed E-state index contributed by atoms with van der Waals surface area (Å²) in [5.41, 5.74) is 0.286. The Kier molecular flexibility index (Phi) is 7.77. The van der Waals surface area contributed by atoms with Crippen LogP contribution in [0.4, 0.5) is 5.69 Å². The predicted molar refractivity (Wildman–Crippen MR) is 113 cm³/mol. The van der Waals surface area contributed by atoms with E-state index in [2.05, 4.69) is 5.32 Å². The molecule has 0 radical (unpaired) electrons. The topological polar surface area (TPSA) is 103 Å². The molecule has 164 valence electrons. The predicted octanol–water partition coefficient (Wildman–Crippen LogP) is 2.63. The van der Waals surface area contributed by atoms with Crippen LogP contribution in [0, 0.1) is 0 Å². The van der Waals surface area contributed by atoms with E-state index in [9.17, 15) is 13.2 Å². The average Bonchev–Trinajstić information content (AvgIpc) is 2.73. The summed E-state index contributed by atoms with van der Waals surface area (Å²) >= 11 is 6.05. The average molecular weight is 459 g/mol. The standard InChI is InChI=1S/C19H23ClN2O7S/c1-22(30(24,25)18-8-12(26-2)6-7-15(18)27-3)11-19(23)21-14-10-16(28-4)13(20)9-17(14)29-5/h6-10H,11H2,1-5H3,(H,21,23). The van der Waals surface area contributed by atoms with Gasteiger partial charge < -0.3 is 24.3 Å². The molecule has 2 rings (SSSR count). The van der Waals surface area contributed by atoms with Crippen molar-refractivity contribution < 1.29 is 32.2 Å². The molecule has 0 fully saturated rings. The maximum absolute atomic E-state index is 13.0. The molecule has 0 bridgehead atoms. The molecule has 0 heterocycles. The first kappa shape index (κ1) is 23.6. The lowest BCUT2D eigenvalue weighted by molar-refractivity contribution is -0.116.